The lowest BCUT2D eigenvalue weighted by molar-refractivity contribution is -0.175. The van der Waals surface area contributed by atoms with Crippen LogP contribution in [0.1, 0.15) is 24.9 Å². The highest BCUT2D eigenvalue weighted by Gasteiger charge is 2.27. The van der Waals surface area contributed by atoms with E-state index >= 15 is 0 Å². The van der Waals surface area contributed by atoms with E-state index in [0.29, 0.717) is 12.2 Å². The van der Waals surface area contributed by atoms with Gasteiger partial charge in [-0.3, -0.25) is 4.79 Å². The second kappa shape index (κ2) is 7.87. The van der Waals surface area contributed by atoms with Crippen molar-refractivity contribution in [2.75, 3.05) is 20.3 Å². The van der Waals surface area contributed by atoms with Crippen molar-refractivity contribution in [3.8, 4) is 5.75 Å². The number of carbonyl (C=O) groups is 1. The van der Waals surface area contributed by atoms with Crippen molar-refractivity contribution in [3.63, 3.8) is 0 Å². The highest BCUT2D eigenvalue weighted by atomic mass is 19.4. The number of rotatable bonds is 7. The molecular weight excluding hydrogens is 287 g/mol. The minimum atomic E-state index is -4.43. The summed E-state index contributed by atoms with van der Waals surface area (Å²) >= 11 is 0. The minimum Gasteiger partial charge on any atom is -0.497 e. The second-order valence-corrected chi connectivity index (χ2v) is 4.41. The van der Waals surface area contributed by atoms with Gasteiger partial charge in [0.2, 0.25) is 5.91 Å². The minimum absolute atomic E-state index is 0.280. The van der Waals surface area contributed by atoms with Gasteiger partial charge in [-0.2, -0.15) is 13.2 Å². The largest absolute Gasteiger partial charge is 0.497 e. The number of nitrogens with one attached hydrogen (secondary N) is 1. The molecule has 0 heterocycles. The molecule has 1 rings (SSSR count). The van der Waals surface area contributed by atoms with Crippen LogP contribution in [0.5, 0.6) is 5.75 Å². The van der Waals surface area contributed by atoms with Crippen molar-refractivity contribution in [2.24, 2.45) is 0 Å². The van der Waals surface area contributed by atoms with Gasteiger partial charge in [0.15, 0.2) is 0 Å². The Labute approximate surface area is 121 Å². The molecule has 0 aliphatic carbocycles. The number of carbonyl (C=O) groups excluding carboxylic acids is 1. The summed E-state index contributed by atoms with van der Waals surface area (Å²) in [6.45, 7) is -0.183. The molecular formula is C14H18F3NO3. The number of benzene rings is 1. The normalized spacial score (nSPS) is 12.8. The lowest BCUT2D eigenvalue weighted by Gasteiger charge is -2.18. The van der Waals surface area contributed by atoms with Crippen LogP contribution in [-0.4, -0.2) is 32.4 Å². The molecule has 0 saturated carbocycles. The molecule has 1 atom stereocenters. The molecule has 1 N–H and O–H groups in total. The van der Waals surface area contributed by atoms with Gasteiger partial charge in [-0.05, 0) is 24.1 Å². The average molecular weight is 305 g/mol. The molecule has 118 valence electrons. The van der Waals surface area contributed by atoms with E-state index in [1.807, 2.05) is 6.92 Å². The number of ether oxygens (including phenoxy) is 2. The van der Waals surface area contributed by atoms with Gasteiger partial charge >= 0.3 is 6.18 Å². The van der Waals surface area contributed by atoms with Crippen LogP contribution < -0.4 is 10.1 Å². The third-order valence-electron chi connectivity index (χ3n) is 2.76. The van der Waals surface area contributed by atoms with E-state index in [4.69, 9.17) is 4.74 Å². The van der Waals surface area contributed by atoms with Crippen LogP contribution in [0.25, 0.3) is 0 Å². The SMILES string of the molecule is CCC(NC(=O)COCC(F)(F)F)c1ccc(OC)cc1. The lowest BCUT2D eigenvalue weighted by Crippen LogP contribution is -2.32. The van der Waals surface area contributed by atoms with Gasteiger partial charge in [0, 0.05) is 0 Å². The number of methoxy groups -OCH3 is 1. The van der Waals surface area contributed by atoms with E-state index in [0.717, 1.165) is 5.56 Å². The Morgan fingerprint density at radius 2 is 1.90 bits per heavy atom. The summed E-state index contributed by atoms with van der Waals surface area (Å²) in [6.07, 6.45) is -3.82. The summed E-state index contributed by atoms with van der Waals surface area (Å²) in [5.41, 5.74) is 0.850. The van der Waals surface area contributed by atoms with Crippen molar-refractivity contribution >= 4 is 5.91 Å². The lowest BCUT2D eigenvalue weighted by atomic mass is 10.0. The molecule has 1 aromatic rings. The fraction of sp³-hybridized carbons (Fsp3) is 0.500. The number of hydrogen-bond donors (Lipinski definition) is 1. The van der Waals surface area contributed by atoms with E-state index in [-0.39, 0.29) is 6.04 Å². The molecule has 0 radical (unpaired) electrons. The summed E-state index contributed by atoms with van der Waals surface area (Å²) in [7, 11) is 1.55. The number of alkyl halides is 3. The van der Waals surface area contributed by atoms with Crippen LogP contribution in [0.2, 0.25) is 0 Å². The van der Waals surface area contributed by atoms with Gasteiger partial charge in [0.25, 0.3) is 0 Å². The van der Waals surface area contributed by atoms with Gasteiger partial charge in [-0.25, -0.2) is 0 Å². The Balaban J connectivity index is 2.50. The first-order valence-corrected chi connectivity index (χ1v) is 6.43. The first kappa shape index (κ1) is 17.3. The summed E-state index contributed by atoms with van der Waals surface area (Å²) < 4.78 is 45.1. The molecule has 21 heavy (non-hydrogen) atoms. The fourth-order valence-corrected chi connectivity index (χ4v) is 1.75. The zero-order chi connectivity index (χ0) is 15.9. The molecule has 1 aromatic carbocycles. The van der Waals surface area contributed by atoms with Crippen molar-refractivity contribution in [2.45, 2.75) is 25.6 Å². The van der Waals surface area contributed by atoms with Gasteiger partial charge in [-0.15, -0.1) is 0 Å². The molecule has 1 amide bonds. The first-order chi connectivity index (χ1) is 9.85. The van der Waals surface area contributed by atoms with Crippen LogP contribution in [0.4, 0.5) is 13.2 Å². The highest BCUT2D eigenvalue weighted by Crippen LogP contribution is 2.20. The van der Waals surface area contributed by atoms with Crippen LogP contribution in [-0.2, 0) is 9.53 Å². The zero-order valence-corrected chi connectivity index (χ0v) is 11.9. The smallest absolute Gasteiger partial charge is 0.411 e. The van der Waals surface area contributed by atoms with E-state index in [9.17, 15) is 18.0 Å². The van der Waals surface area contributed by atoms with Crippen LogP contribution in [0, 0.1) is 0 Å². The van der Waals surface area contributed by atoms with E-state index in [1.54, 1.807) is 31.4 Å². The monoisotopic (exact) mass is 305 g/mol. The fourth-order valence-electron chi connectivity index (χ4n) is 1.75. The molecule has 0 aliphatic rings. The van der Waals surface area contributed by atoms with Crippen molar-refractivity contribution in [3.05, 3.63) is 29.8 Å². The topological polar surface area (TPSA) is 47.6 Å². The third kappa shape index (κ3) is 6.48. The Morgan fingerprint density at radius 1 is 1.29 bits per heavy atom. The van der Waals surface area contributed by atoms with Gasteiger partial charge in [0.1, 0.15) is 19.0 Å². The number of amides is 1. The Hall–Kier alpha value is -1.76. The van der Waals surface area contributed by atoms with Gasteiger partial charge in [0.05, 0.1) is 13.2 Å². The van der Waals surface area contributed by atoms with Crippen LogP contribution in [0.15, 0.2) is 24.3 Å². The highest BCUT2D eigenvalue weighted by molar-refractivity contribution is 5.77. The Kier molecular flexibility index (Phi) is 6.48. The molecule has 0 spiro atoms. The standard InChI is InChI=1S/C14H18F3NO3/c1-3-12(10-4-6-11(20-2)7-5-10)18-13(19)8-21-9-14(15,16)17/h4-7,12H,3,8-9H2,1-2H3,(H,18,19). The van der Waals surface area contributed by atoms with E-state index in [1.165, 1.54) is 0 Å². The van der Waals surface area contributed by atoms with Crippen molar-refractivity contribution in [1.82, 2.24) is 5.32 Å². The quantitative estimate of drug-likeness (QED) is 0.842. The Morgan fingerprint density at radius 3 is 2.38 bits per heavy atom. The van der Waals surface area contributed by atoms with Crippen molar-refractivity contribution < 1.29 is 27.4 Å². The molecule has 7 heteroatoms. The summed E-state index contributed by atoms with van der Waals surface area (Å²) in [5.74, 6) is 0.107. The number of halogens is 3. The maximum Gasteiger partial charge on any atom is 0.411 e. The molecule has 0 saturated heterocycles. The van der Waals surface area contributed by atoms with Crippen molar-refractivity contribution in [1.29, 1.82) is 0 Å². The molecule has 1 unspecified atom stereocenters. The number of hydrogen-bond acceptors (Lipinski definition) is 3. The molecule has 0 aliphatic heterocycles. The van der Waals surface area contributed by atoms with E-state index in [2.05, 4.69) is 10.1 Å². The van der Waals surface area contributed by atoms with E-state index < -0.39 is 25.3 Å². The predicted molar refractivity (Wildman–Crippen MR) is 71.0 cm³/mol. The maximum absolute atomic E-state index is 11.9. The van der Waals surface area contributed by atoms with Gasteiger partial charge in [-0.1, -0.05) is 19.1 Å². The second-order valence-electron chi connectivity index (χ2n) is 4.41. The van der Waals surface area contributed by atoms with Gasteiger partial charge < -0.3 is 14.8 Å². The molecule has 0 bridgehead atoms. The van der Waals surface area contributed by atoms with Crippen LogP contribution >= 0.6 is 0 Å². The zero-order valence-electron chi connectivity index (χ0n) is 11.9. The molecule has 0 aromatic heterocycles. The maximum atomic E-state index is 11.9. The Bertz CT molecular complexity index is 446. The third-order valence-corrected chi connectivity index (χ3v) is 2.76. The first-order valence-electron chi connectivity index (χ1n) is 6.43. The average Bonchev–Trinajstić information content (AvgIpc) is 2.43. The van der Waals surface area contributed by atoms with Crippen LogP contribution in [0.3, 0.4) is 0 Å². The summed E-state index contributed by atoms with van der Waals surface area (Å²) in [4.78, 5) is 11.6. The molecule has 4 nitrogen and oxygen atoms in total. The summed E-state index contributed by atoms with van der Waals surface area (Å²) in [5, 5.41) is 2.63. The predicted octanol–water partition coefficient (Wildman–Crippen LogP) is 2.84. The molecule has 0 fully saturated rings. The summed E-state index contributed by atoms with van der Waals surface area (Å²) in [6, 6.07) is 6.82.